The van der Waals surface area contributed by atoms with Crippen molar-refractivity contribution in [3.05, 3.63) is 16.6 Å². The Hall–Kier alpha value is -0.0600. The molecule has 1 saturated heterocycles. The largest absolute Gasteiger partial charge is 0.316 e. The lowest BCUT2D eigenvalue weighted by Crippen LogP contribution is -2.31. The van der Waals surface area contributed by atoms with Crippen molar-refractivity contribution in [2.75, 3.05) is 13.1 Å². The van der Waals surface area contributed by atoms with Gasteiger partial charge in [-0.05, 0) is 19.4 Å². The first-order chi connectivity index (χ1) is 6.45. The van der Waals surface area contributed by atoms with E-state index in [4.69, 9.17) is 0 Å². The van der Waals surface area contributed by atoms with E-state index in [0.717, 1.165) is 11.0 Å². The highest BCUT2D eigenvalue weighted by molar-refractivity contribution is 7.99. The maximum atomic E-state index is 4.08. The summed E-state index contributed by atoms with van der Waals surface area (Å²) >= 11 is 3.82. The molecule has 4 heteroatoms. The fourth-order valence-corrected chi connectivity index (χ4v) is 3.37. The van der Waals surface area contributed by atoms with Gasteiger partial charge in [-0.1, -0.05) is 0 Å². The lowest BCUT2D eigenvalue weighted by molar-refractivity contribution is 0.531. The fraction of sp³-hybridized carbons (Fsp3) is 0.667. The number of hydrogen-bond acceptors (Lipinski definition) is 4. The molecule has 2 heterocycles. The normalized spacial score (nSPS) is 23.2. The van der Waals surface area contributed by atoms with Gasteiger partial charge in [0.1, 0.15) is 0 Å². The summed E-state index contributed by atoms with van der Waals surface area (Å²) in [6, 6.07) is 0. The van der Waals surface area contributed by atoms with Crippen LogP contribution in [0.25, 0.3) is 0 Å². The average Bonchev–Trinajstić information content (AvgIpc) is 2.69. The van der Waals surface area contributed by atoms with Gasteiger partial charge in [0.2, 0.25) is 0 Å². The molecule has 1 N–H and O–H groups in total. The number of thioether (sulfide) groups is 1. The Bertz CT molecular complexity index is 230. The van der Waals surface area contributed by atoms with Gasteiger partial charge < -0.3 is 5.32 Å². The SMILES string of the molecule is c1ncc(CS[C@@H]2CCCNC2)s1. The number of nitrogens with one attached hydrogen (secondary N) is 1. The summed E-state index contributed by atoms with van der Waals surface area (Å²) in [6.45, 7) is 2.39. The van der Waals surface area contributed by atoms with Gasteiger partial charge in [-0.2, -0.15) is 11.8 Å². The molecule has 1 atom stereocenters. The molecule has 1 aliphatic rings. The van der Waals surface area contributed by atoms with E-state index in [0.29, 0.717) is 0 Å². The van der Waals surface area contributed by atoms with Crippen LogP contribution in [0.3, 0.4) is 0 Å². The number of piperidine rings is 1. The maximum Gasteiger partial charge on any atom is 0.0794 e. The Labute approximate surface area is 87.1 Å². The van der Waals surface area contributed by atoms with E-state index in [1.807, 2.05) is 11.7 Å². The van der Waals surface area contributed by atoms with Crippen molar-refractivity contribution in [2.45, 2.75) is 23.8 Å². The second-order valence-electron chi connectivity index (χ2n) is 3.25. The zero-order valence-electron chi connectivity index (χ0n) is 7.53. The number of rotatable bonds is 3. The van der Waals surface area contributed by atoms with Crippen LogP contribution in [-0.4, -0.2) is 23.3 Å². The van der Waals surface area contributed by atoms with E-state index >= 15 is 0 Å². The fourth-order valence-electron chi connectivity index (χ4n) is 1.48. The molecule has 1 aromatic rings. The van der Waals surface area contributed by atoms with Crippen molar-refractivity contribution in [2.24, 2.45) is 0 Å². The van der Waals surface area contributed by atoms with Crippen LogP contribution in [0.15, 0.2) is 11.7 Å². The quantitative estimate of drug-likeness (QED) is 0.834. The summed E-state index contributed by atoms with van der Waals surface area (Å²) in [6.07, 6.45) is 4.69. The van der Waals surface area contributed by atoms with E-state index < -0.39 is 0 Å². The van der Waals surface area contributed by atoms with Gasteiger partial charge >= 0.3 is 0 Å². The highest BCUT2D eigenvalue weighted by atomic mass is 32.2. The lowest BCUT2D eigenvalue weighted by atomic mass is 10.2. The molecule has 0 bridgehead atoms. The van der Waals surface area contributed by atoms with Crippen LogP contribution in [0.5, 0.6) is 0 Å². The Morgan fingerprint density at radius 1 is 1.69 bits per heavy atom. The summed E-state index contributed by atoms with van der Waals surface area (Å²) in [5.41, 5.74) is 1.91. The molecular formula is C9H14N2S2. The van der Waals surface area contributed by atoms with Gasteiger partial charge in [0, 0.05) is 28.6 Å². The van der Waals surface area contributed by atoms with Crippen LogP contribution >= 0.6 is 23.1 Å². The minimum Gasteiger partial charge on any atom is -0.316 e. The Kier molecular flexibility index (Phi) is 3.64. The van der Waals surface area contributed by atoms with Gasteiger partial charge in [-0.3, -0.25) is 4.98 Å². The number of aromatic nitrogens is 1. The lowest BCUT2D eigenvalue weighted by Gasteiger charge is -2.21. The first-order valence-corrected chi connectivity index (χ1v) is 6.57. The molecule has 13 heavy (non-hydrogen) atoms. The average molecular weight is 214 g/mol. The van der Waals surface area contributed by atoms with Crippen LogP contribution in [0, 0.1) is 0 Å². The molecular weight excluding hydrogens is 200 g/mol. The summed E-state index contributed by atoms with van der Waals surface area (Å²) in [4.78, 5) is 5.47. The van der Waals surface area contributed by atoms with Crippen LogP contribution in [0.2, 0.25) is 0 Å². The van der Waals surface area contributed by atoms with Crippen molar-refractivity contribution in [3.63, 3.8) is 0 Å². The first-order valence-electron chi connectivity index (χ1n) is 4.65. The molecule has 0 aliphatic carbocycles. The Morgan fingerprint density at radius 3 is 3.38 bits per heavy atom. The van der Waals surface area contributed by atoms with Crippen molar-refractivity contribution in [1.29, 1.82) is 0 Å². The van der Waals surface area contributed by atoms with Crippen LogP contribution in [0.1, 0.15) is 17.7 Å². The predicted octanol–water partition coefficient (Wildman–Crippen LogP) is 2.13. The number of thiazole rings is 1. The van der Waals surface area contributed by atoms with E-state index in [1.165, 1.54) is 30.8 Å². The van der Waals surface area contributed by atoms with Crippen LogP contribution in [0.4, 0.5) is 0 Å². The van der Waals surface area contributed by atoms with Gasteiger partial charge in [0.25, 0.3) is 0 Å². The van der Waals surface area contributed by atoms with Crippen molar-refractivity contribution in [3.8, 4) is 0 Å². The summed E-state index contributed by atoms with van der Waals surface area (Å²) < 4.78 is 0. The van der Waals surface area contributed by atoms with Gasteiger partial charge in [-0.25, -0.2) is 0 Å². The van der Waals surface area contributed by atoms with Gasteiger partial charge in [0.15, 0.2) is 0 Å². The van der Waals surface area contributed by atoms with Crippen LogP contribution < -0.4 is 5.32 Å². The molecule has 0 saturated carbocycles. The third-order valence-electron chi connectivity index (χ3n) is 2.20. The highest BCUT2D eigenvalue weighted by Crippen LogP contribution is 2.23. The summed E-state index contributed by atoms with van der Waals surface area (Å²) in [5.74, 6) is 1.14. The zero-order chi connectivity index (χ0) is 8.93. The molecule has 1 aliphatic heterocycles. The molecule has 0 radical (unpaired) electrons. The third-order valence-corrected chi connectivity index (χ3v) is 4.51. The van der Waals surface area contributed by atoms with Crippen LogP contribution in [-0.2, 0) is 5.75 Å². The maximum absolute atomic E-state index is 4.08. The molecule has 1 aromatic heterocycles. The minimum absolute atomic E-state index is 0.816. The molecule has 0 amide bonds. The Balaban J connectivity index is 1.72. The monoisotopic (exact) mass is 214 g/mol. The molecule has 0 spiro atoms. The standard InChI is InChI=1S/C9H14N2S2/c1-2-8(4-10-3-1)12-6-9-5-11-7-13-9/h5,7-8,10H,1-4,6H2/t8-/m1/s1. The van der Waals surface area contributed by atoms with E-state index in [-0.39, 0.29) is 0 Å². The molecule has 0 unspecified atom stereocenters. The molecule has 0 aromatic carbocycles. The van der Waals surface area contributed by atoms with Gasteiger partial charge in [0.05, 0.1) is 5.51 Å². The molecule has 72 valence electrons. The Morgan fingerprint density at radius 2 is 2.69 bits per heavy atom. The summed E-state index contributed by atoms with van der Waals surface area (Å²) in [7, 11) is 0. The van der Waals surface area contributed by atoms with Crippen molar-refractivity contribution in [1.82, 2.24) is 10.3 Å². The second-order valence-corrected chi connectivity index (χ2v) is 5.51. The predicted molar refractivity (Wildman–Crippen MR) is 59.3 cm³/mol. The molecule has 1 fully saturated rings. The van der Waals surface area contributed by atoms with E-state index in [9.17, 15) is 0 Å². The number of nitrogens with zero attached hydrogens (tertiary/aromatic N) is 1. The third kappa shape index (κ3) is 2.97. The molecule has 2 rings (SSSR count). The molecule has 2 nitrogen and oxygen atoms in total. The second kappa shape index (κ2) is 4.98. The first kappa shape index (κ1) is 9.49. The smallest absolute Gasteiger partial charge is 0.0794 e. The van der Waals surface area contributed by atoms with Gasteiger partial charge in [-0.15, -0.1) is 11.3 Å². The van der Waals surface area contributed by atoms with Crippen molar-refractivity contribution < 1.29 is 0 Å². The topological polar surface area (TPSA) is 24.9 Å². The zero-order valence-corrected chi connectivity index (χ0v) is 9.16. The number of hydrogen-bond donors (Lipinski definition) is 1. The minimum atomic E-state index is 0.816. The van der Waals surface area contributed by atoms with Crippen molar-refractivity contribution >= 4 is 23.1 Å². The highest BCUT2D eigenvalue weighted by Gasteiger charge is 2.13. The van der Waals surface area contributed by atoms with E-state index in [2.05, 4.69) is 22.1 Å². The van der Waals surface area contributed by atoms with E-state index in [1.54, 1.807) is 11.3 Å². The summed E-state index contributed by atoms with van der Waals surface area (Å²) in [5, 5.41) is 4.25.